The predicted molar refractivity (Wildman–Crippen MR) is 63.7 cm³/mol. The first-order valence-corrected chi connectivity index (χ1v) is 5.64. The quantitative estimate of drug-likeness (QED) is 0.517. The van der Waals surface area contributed by atoms with Gasteiger partial charge < -0.3 is 20.8 Å². The van der Waals surface area contributed by atoms with Crippen molar-refractivity contribution >= 4 is 11.6 Å². The lowest BCUT2D eigenvalue weighted by Crippen LogP contribution is -2.37. The largest absolute Gasteiger partial charge is 0.505 e. The molecule has 1 aromatic rings. The number of para-hydroxylation sites is 1. The average molecular weight is 236 g/mol. The van der Waals surface area contributed by atoms with Gasteiger partial charge in [0.25, 0.3) is 5.91 Å². The number of nitrogens with zero attached hydrogens (tertiary/aromatic N) is 1. The molecule has 0 unspecified atom stereocenters. The van der Waals surface area contributed by atoms with Crippen molar-refractivity contribution < 1.29 is 15.0 Å². The van der Waals surface area contributed by atoms with Gasteiger partial charge in [0.2, 0.25) is 0 Å². The number of aliphatic hydroxyl groups is 1. The van der Waals surface area contributed by atoms with Gasteiger partial charge in [0.1, 0.15) is 0 Å². The minimum Gasteiger partial charge on any atom is -0.505 e. The molecule has 0 bridgehead atoms. The number of nitrogens with two attached hydrogens (primary N) is 1. The van der Waals surface area contributed by atoms with Gasteiger partial charge in [-0.15, -0.1) is 0 Å². The summed E-state index contributed by atoms with van der Waals surface area (Å²) in [5.41, 5.74) is 5.94. The van der Waals surface area contributed by atoms with Crippen LogP contribution in [0.2, 0.25) is 0 Å². The van der Waals surface area contributed by atoms with Gasteiger partial charge in [-0.3, -0.25) is 4.79 Å². The number of phenolic OH excluding ortho intramolecular Hbond substituents is 1. The van der Waals surface area contributed by atoms with Crippen molar-refractivity contribution in [1.29, 1.82) is 0 Å². The summed E-state index contributed by atoms with van der Waals surface area (Å²) in [6, 6.07) is 4.57. The number of rotatable bonds is 2. The van der Waals surface area contributed by atoms with Gasteiger partial charge in [0.05, 0.1) is 23.9 Å². The first-order chi connectivity index (χ1) is 8.15. The van der Waals surface area contributed by atoms with Crippen molar-refractivity contribution in [2.24, 2.45) is 0 Å². The van der Waals surface area contributed by atoms with Crippen LogP contribution in [0.15, 0.2) is 18.2 Å². The molecule has 1 atom stereocenters. The van der Waals surface area contributed by atoms with Crippen molar-refractivity contribution in [1.82, 2.24) is 4.90 Å². The lowest BCUT2D eigenvalue weighted by atomic mass is 10.1. The molecule has 1 heterocycles. The maximum atomic E-state index is 12.2. The predicted octanol–water partition coefficient (Wildman–Crippen LogP) is 0.571. The van der Waals surface area contributed by atoms with E-state index in [1.54, 1.807) is 23.1 Å². The van der Waals surface area contributed by atoms with Crippen LogP contribution in [0.1, 0.15) is 23.2 Å². The molecule has 0 spiro atoms. The summed E-state index contributed by atoms with van der Waals surface area (Å²) in [7, 11) is 0. The number of amides is 1. The number of likely N-dealkylation sites (tertiary alicyclic amines) is 1. The zero-order valence-electron chi connectivity index (χ0n) is 9.47. The molecule has 1 aliphatic rings. The summed E-state index contributed by atoms with van der Waals surface area (Å²) in [5, 5.41) is 18.9. The SMILES string of the molecule is Nc1cccc(C(=O)N2CCC[C@@H]2CO)c1O. The Hall–Kier alpha value is -1.75. The minimum atomic E-state index is -0.272. The number of nitrogen functional groups attached to an aromatic ring is 1. The van der Waals surface area contributed by atoms with Crippen molar-refractivity contribution in [2.45, 2.75) is 18.9 Å². The Kier molecular flexibility index (Phi) is 3.19. The molecule has 0 radical (unpaired) electrons. The van der Waals surface area contributed by atoms with Gasteiger partial charge >= 0.3 is 0 Å². The van der Waals surface area contributed by atoms with Gasteiger partial charge in [-0.25, -0.2) is 0 Å². The van der Waals surface area contributed by atoms with Crippen molar-refractivity contribution in [3.05, 3.63) is 23.8 Å². The van der Waals surface area contributed by atoms with E-state index in [1.807, 2.05) is 0 Å². The van der Waals surface area contributed by atoms with Gasteiger partial charge in [0, 0.05) is 6.54 Å². The van der Waals surface area contributed by atoms with E-state index in [9.17, 15) is 15.0 Å². The van der Waals surface area contributed by atoms with Crippen LogP contribution in [0, 0.1) is 0 Å². The summed E-state index contributed by atoms with van der Waals surface area (Å²) >= 11 is 0. The van der Waals surface area contributed by atoms with Crippen LogP contribution < -0.4 is 5.73 Å². The molecule has 92 valence electrons. The zero-order chi connectivity index (χ0) is 12.4. The van der Waals surface area contributed by atoms with Crippen LogP contribution in [0.25, 0.3) is 0 Å². The number of benzene rings is 1. The summed E-state index contributed by atoms with van der Waals surface area (Å²) < 4.78 is 0. The molecule has 4 N–H and O–H groups in total. The summed E-state index contributed by atoms with van der Waals surface area (Å²) in [6.45, 7) is 0.563. The third-order valence-corrected chi connectivity index (χ3v) is 3.15. The monoisotopic (exact) mass is 236 g/mol. The third-order valence-electron chi connectivity index (χ3n) is 3.15. The fourth-order valence-electron chi connectivity index (χ4n) is 2.18. The molecular weight excluding hydrogens is 220 g/mol. The van der Waals surface area contributed by atoms with Crippen LogP contribution >= 0.6 is 0 Å². The Morgan fingerprint density at radius 1 is 1.53 bits per heavy atom. The lowest BCUT2D eigenvalue weighted by molar-refractivity contribution is 0.0674. The van der Waals surface area contributed by atoms with Crippen molar-refractivity contribution in [3.63, 3.8) is 0 Å². The van der Waals surface area contributed by atoms with E-state index in [2.05, 4.69) is 0 Å². The van der Waals surface area contributed by atoms with E-state index in [4.69, 9.17) is 5.73 Å². The number of phenols is 1. The highest BCUT2D eigenvalue weighted by Crippen LogP contribution is 2.28. The van der Waals surface area contributed by atoms with Crippen LogP contribution in [0.5, 0.6) is 5.75 Å². The van der Waals surface area contributed by atoms with Crippen LogP contribution in [-0.4, -0.2) is 40.2 Å². The summed E-state index contributed by atoms with van der Waals surface area (Å²) in [4.78, 5) is 13.8. The second-order valence-corrected chi connectivity index (χ2v) is 4.22. The number of hydrogen-bond acceptors (Lipinski definition) is 4. The first kappa shape index (κ1) is 11.7. The van der Waals surface area contributed by atoms with Gasteiger partial charge in [-0.2, -0.15) is 0 Å². The first-order valence-electron chi connectivity index (χ1n) is 5.64. The molecule has 17 heavy (non-hydrogen) atoms. The van der Waals surface area contributed by atoms with Crippen molar-refractivity contribution in [2.75, 3.05) is 18.9 Å². The fourth-order valence-corrected chi connectivity index (χ4v) is 2.18. The maximum absolute atomic E-state index is 12.2. The Morgan fingerprint density at radius 2 is 2.29 bits per heavy atom. The molecule has 1 fully saturated rings. The highest BCUT2D eigenvalue weighted by Gasteiger charge is 2.30. The molecule has 5 nitrogen and oxygen atoms in total. The van der Waals surface area contributed by atoms with E-state index in [0.717, 1.165) is 12.8 Å². The van der Waals surface area contributed by atoms with E-state index >= 15 is 0 Å². The van der Waals surface area contributed by atoms with E-state index in [0.29, 0.717) is 6.54 Å². The molecular formula is C12H16N2O3. The maximum Gasteiger partial charge on any atom is 0.258 e. The molecule has 5 heteroatoms. The number of carbonyl (C=O) groups excluding carboxylic acids is 1. The number of anilines is 1. The van der Waals surface area contributed by atoms with E-state index in [1.165, 1.54) is 0 Å². The highest BCUT2D eigenvalue weighted by atomic mass is 16.3. The molecule has 1 aromatic carbocycles. The molecule has 1 saturated heterocycles. The number of aliphatic hydroxyl groups excluding tert-OH is 1. The van der Waals surface area contributed by atoms with Crippen LogP contribution in [-0.2, 0) is 0 Å². The second-order valence-electron chi connectivity index (χ2n) is 4.22. The smallest absolute Gasteiger partial charge is 0.258 e. The van der Waals surface area contributed by atoms with Gasteiger partial charge in [0.15, 0.2) is 5.75 Å². The number of aromatic hydroxyl groups is 1. The Morgan fingerprint density at radius 3 is 3.00 bits per heavy atom. The minimum absolute atomic E-state index is 0.0468. The molecule has 1 aliphatic heterocycles. The molecule has 1 amide bonds. The lowest BCUT2D eigenvalue weighted by Gasteiger charge is -2.23. The highest BCUT2D eigenvalue weighted by molar-refractivity contribution is 5.98. The van der Waals surface area contributed by atoms with E-state index < -0.39 is 0 Å². The van der Waals surface area contributed by atoms with Gasteiger partial charge in [-0.1, -0.05) is 6.07 Å². The second kappa shape index (κ2) is 4.63. The fraction of sp³-hybridized carbons (Fsp3) is 0.417. The van der Waals surface area contributed by atoms with Crippen molar-refractivity contribution in [3.8, 4) is 5.75 Å². The molecule has 0 saturated carbocycles. The molecule has 0 aliphatic carbocycles. The normalized spacial score (nSPS) is 19.6. The average Bonchev–Trinajstić information content (AvgIpc) is 2.80. The van der Waals surface area contributed by atoms with E-state index in [-0.39, 0.29) is 35.6 Å². The Labute approximate surface area is 99.5 Å². The number of hydrogen-bond donors (Lipinski definition) is 3. The number of carbonyl (C=O) groups is 1. The molecule has 0 aromatic heterocycles. The third kappa shape index (κ3) is 2.06. The standard InChI is InChI=1S/C12H16N2O3/c13-10-5-1-4-9(11(10)16)12(17)14-6-2-3-8(14)7-15/h1,4-5,8,15-16H,2-3,6-7,13H2/t8-/m1/s1. The van der Waals surface area contributed by atoms with Crippen LogP contribution in [0.3, 0.4) is 0 Å². The zero-order valence-corrected chi connectivity index (χ0v) is 9.47. The van der Waals surface area contributed by atoms with Gasteiger partial charge in [-0.05, 0) is 25.0 Å². The summed E-state index contributed by atoms with van der Waals surface area (Å²) in [5.74, 6) is -0.451. The summed E-state index contributed by atoms with van der Waals surface area (Å²) in [6.07, 6.45) is 1.67. The molecule has 2 rings (SSSR count). The van der Waals surface area contributed by atoms with Crippen LogP contribution in [0.4, 0.5) is 5.69 Å². The topological polar surface area (TPSA) is 86.8 Å². The Balaban J connectivity index is 2.28. The Bertz CT molecular complexity index is 434.